The first-order valence-electron chi connectivity index (χ1n) is 8.42. The Hall–Kier alpha value is -1.44. The van der Waals surface area contributed by atoms with E-state index in [4.69, 9.17) is 5.73 Å². The molecule has 0 saturated carbocycles. The van der Waals surface area contributed by atoms with Crippen LogP contribution < -0.4 is 5.73 Å². The highest BCUT2D eigenvalue weighted by atomic mass is 35.5. The van der Waals surface area contributed by atoms with E-state index >= 15 is 0 Å². The maximum atomic E-state index is 12.3. The lowest BCUT2D eigenvalue weighted by Crippen LogP contribution is -2.28. The fourth-order valence-corrected chi connectivity index (χ4v) is 4.34. The zero-order valence-corrected chi connectivity index (χ0v) is 16.7. The first-order chi connectivity index (χ1) is 11.9. The van der Waals surface area contributed by atoms with E-state index < -0.39 is 10.0 Å². The number of halogens is 1. The highest BCUT2D eigenvalue weighted by Crippen LogP contribution is 2.27. The van der Waals surface area contributed by atoms with Crippen LogP contribution in [0.2, 0.25) is 0 Å². The van der Waals surface area contributed by atoms with Crippen LogP contribution in [0.15, 0.2) is 59.5 Å². The summed E-state index contributed by atoms with van der Waals surface area (Å²) in [5, 5.41) is 0. The fourth-order valence-electron chi connectivity index (χ4n) is 3.37. The van der Waals surface area contributed by atoms with Gasteiger partial charge in [-0.1, -0.05) is 42.5 Å². The Bertz CT molecular complexity index is 828. The largest absolute Gasteiger partial charge is 0.326 e. The molecule has 0 radical (unpaired) electrons. The van der Waals surface area contributed by atoms with Crippen molar-refractivity contribution in [2.24, 2.45) is 5.73 Å². The standard InChI is InChI=1S/C19H25N3O2S.ClH/c1-21(2)25(23,24)17-10-6-7-15(11-17)12-22-13-18(19(20)14-22)16-8-4-3-5-9-16;/h3-11,18-19H,12-14,20H2,1-2H3;1H/t18-,19+;/m0./s1. The molecule has 2 N–H and O–H groups in total. The van der Waals surface area contributed by atoms with E-state index in [0.717, 1.165) is 18.7 Å². The summed E-state index contributed by atoms with van der Waals surface area (Å²) >= 11 is 0. The van der Waals surface area contributed by atoms with Gasteiger partial charge < -0.3 is 5.73 Å². The number of nitrogens with zero attached hydrogens (tertiary/aromatic N) is 2. The third kappa shape index (κ3) is 4.45. The van der Waals surface area contributed by atoms with Gasteiger partial charge in [-0.15, -0.1) is 12.4 Å². The maximum Gasteiger partial charge on any atom is 0.242 e. The predicted octanol–water partition coefficient (Wildman–Crippen LogP) is 2.29. The second kappa shape index (κ2) is 8.50. The Morgan fingerprint density at radius 3 is 2.42 bits per heavy atom. The molecule has 1 fully saturated rings. The Morgan fingerprint density at radius 2 is 1.77 bits per heavy atom. The Balaban J connectivity index is 0.00000243. The smallest absolute Gasteiger partial charge is 0.242 e. The monoisotopic (exact) mass is 395 g/mol. The summed E-state index contributed by atoms with van der Waals surface area (Å²) in [6.45, 7) is 2.40. The average Bonchev–Trinajstić information content (AvgIpc) is 2.96. The molecule has 3 rings (SSSR count). The Labute approximate surface area is 162 Å². The van der Waals surface area contributed by atoms with Crippen LogP contribution in [0.1, 0.15) is 17.0 Å². The molecule has 1 saturated heterocycles. The van der Waals surface area contributed by atoms with Gasteiger partial charge in [-0.3, -0.25) is 4.90 Å². The lowest BCUT2D eigenvalue weighted by Gasteiger charge is -2.17. The van der Waals surface area contributed by atoms with Crippen LogP contribution >= 0.6 is 12.4 Å². The van der Waals surface area contributed by atoms with Gasteiger partial charge in [0.2, 0.25) is 10.0 Å². The van der Waals surface area contributed by atoms with Crippen molar-refractivity contribution in [3.8, 4) is 0 Å². The molecular weight excluding hydrogens is 370 g/mol. The van der Waals surface area contributed by atoms with E-state index in [0.29, 0.717) is 17.4 Å². The molecular formula is C19H26ClN3O2S. The fraction of sp³-hybridized carbons (Fsp3) is 0.368. The van der Waals surface area contributed by atoms with Crippen molar-refractivity contribution in [3.63, 3.8) is 0 Å². The number of hydrogen-bond acceptors (Lipinski definition) is 4. The summed E-state index contributed by atoms with van der Waals surface area (Å²) in [5.74, 6) is 0.315. The topological polar surface area (TPSA) is 66.6 Å². The molecule has 0 spiro atoms. The van der Waals surface area contributed by atoms with E-state index in [-0.39, 0.29) is 18.4 Å². The molecule has 1 heterocycles. The van der Waals surface area contributed by atoms with Gasteiger partial charge in [0.15, 0.2) is 0 Å². The van der Waals surface area contributed by atoms with Gasteiger partial charge in [-0.2, -0.15) is 0 Å². The number of rotatable bonds is 5. The second-order valence-corrected chi connectivity index (χ2v) is 8.96. The van der Waals surface area contributed by atoms with Gasteiger partial charge >= 0.3 is 0 Å². The average molecular weight is 396 g/mol. The maximum absolute atomic E-state index is 12.3. The highest BCUT2D eigenvalue weighted by Gasteiger charge is 2.31. The number of nitrogens with two attached hydrogens (primary N) is 1. The van der Waals surface area contributed by atoms with Gasteiger partial charge in [0.05, 0.1) is 4.90 Å². The molecule has 2 aromatic rings. The summed E-state index contributed by atoms with van der Waals surface area (Å²) in [5.41, 5.74) is 8.60. The first-order valence-corrected chi connectivity index (χ1v) is 9.86. The summed E-state index contributed by atoms with van der Waals surface area (Å²) in [7, 11) is -0.312. The molecule has 0 bridgehead atoms. The summed E-state index contributed by atoms with van der Waals surface area (Å²) in [6, 6.07) is 17.6. The van der Waals surface area contributed by atoms with Crippen molar-refractivity contribution < 1.29 is 8.42 Å². The molecule has 1 aliphatic heterocycles. The van der Waals surface area contributed by atoms with Crippen LogP contribution in [0.4, 0.5) is 0 Å². The molecule has 26 heavy (non-hydrogen) atoms. The molecule has 7 heteroatoms. The predicted molar refractivity (Wildman–Crippen MR) is 107 cm³/mol. The van der Waals surface area contributed by atoms with Gasteiger partial charge in [-0.25, -0.2) is 12.7 Å². The van der Waals surface area contributed by atoms with E-state index in [1.807, 2.05) is 24.3 Å². The molecule has 0 aliphatic carbocycles. The minimum atomic E-state index is -3.41. The molecule has 2 atom stereocenters. The van der Waals surface area contributed by atoms with Crippen molar-refractivity contribution in [2.45, 2.75) is 23.4 Å². The van der Waals surface area contributed by atoms with Gasteiger partial charge in [0.25, 0.3) is 0 Å². The van der Waals surface area contributed by atoms with Crippen molar-refractivity contribution in [1.29, 1.82) is 0 Å². The molecule has 0 unspecified atom stereocenters. The van der Waals surface area contributed by atoms with Crippen LogP contribution in [0.3, 0.4) is 0 Å². The van der Waals surface area contributed by atoms with Crippen molar-refractivity contribution in [2.75, 3.05) is 27.2 Å². The van der Waals surface area contributed by atoms with Crippen LogP contribution in [0.25, 0.3) is 0 Å². The first kappa shape index (κ1) is 20.9. The second-order valence-electron chi connectivity index (χ2n) is 6.81. The minimum absolute atomic E-state index is 0. The molecule has 5 nitrogen and oxygen atoms in total. The van der Waals surface area contributed by atoms with Crippen LogP contribution in [-0.4, -0.2) is 50.8 Å². The van der Waals surface area contributed by atoms with Crippen molar-refractivity contribution >= 4 is 22.4 Å². The lowest BCUT2D eigenvalue weighted by atomic mass is 9.95. The number of sulfonamides is 1. The van der Waals surface area contributed by atoms with Crippen LogP contribution in [0.5, 0.6) is 0 Å². The minimum Gasteiger partial charge on any atom is -0.326 e. The molecule has 0 amide bonds. The molecule has 142 valence electrons. The quantitative estimate of drug-likeness (QED) is 0.843. The number of hydrogen-bond donors (Lipinski definition) is 1. The zero-order chi connectivity index (χ0) is 18.0. The highest BCUT2D eigenvalue weighted by molar-refractivity contribution is 7.89. The molecule has 1 aliphatic rings. The van der Waals surface area contributed by atoms with E-state index in [2.05, 4.69) is 17.0 Å². The van der Waals surface area contributed by atoms with E-state index in [9.17, 15) is 8.42 Å². The van der Waals surface area contributed by atoms with Crippen LogP contribution in [0, 0.1) is 0 Å². The van der Waals surface area contributed by atoms with Gasteiger partial charge in [0.1, 0.15) is 0 Å². The summed E-state index contributed by atoms with van der Waals surface area (Å²) < 4.78 is 25.8. The lowest BCUT2D eigenvalue weighted by molar-refractivity contribution is 0.323. The summed E-state index contributed by atoms with van der Waals surface area (Å²) in [6.07, 6.45) is 0. The van der Waals surface area contributed by atoms with Crippen molar-refractivity contribution in [1.82, 2.24) is 9.21 Å². The Morgan fingerprint density at radius 1 is 1.08 bits per heavy atom. The SMILES string of the molecule is CN(C)S(=O)(=O)c1cccc(CN2C[C@@H](N)[C@H](c3ccccc3)C2)c1.Cl. The number of likely N-dealkylation sites (tertiary alicyclic amines) is 1. The van der Waals surface area contributed by atoms with Gasteiger partial charge in [0, 0.05) is 45.7 Å². The van der Waals surface area contributed by atoms with Crippen molar-refractivity contribution in [3.05, 3.63) is 65.7 Å². The zero-order valence-electron chi connectivity index (χ0n) is 15.1. The third-order valence-electron chi connectivity index (χ3n) is 4.75. The molecule has 2 aromatic carbocycles. The van der Waals surface area contributed by atoms with Gasteiger partial charge in [-0.05, 0) is 23.3 Å². The summed E-state index contributed by atoms with van der Waals surface area (Å²) in [4.78, 5) is 2.63. The third-order valence-corrected chi connectivity index (χ3v) is 6.56. The van der Waals surface area contributed by atoms with E-state index in [1.165, 1.54) is 9.87 Å². The van der Waals surface area contributed by atoms with Crippen LogP contribution in [-0.2, 0) is 16.6 Å². The van der Waals surface area contributed by atoms with E-state index in [1.54, 1.807) is 32.3 Å². The normalized spacial score (nSPS) is 20.9. The number of benzene rings is 2. The Kier molecular flexibility index (Phi) is 6.82. The molecule has 0 aromatic heterocycles.